The van der Waals surface area contributed by atoms with Crippen molar-refractivity contribution in [3.8, 4) is 0 Å². The van der Waals surface area contributed by atoms with Gasteiger partial charge in [-0.3, -0.25) is 0 Å². The minimum Gasteiger partial charge on any atom is -0.388 e. The van der Waals surface area contributed by atoms with Crippen LogP contribution in [0.3, 0.4) is 0 Å². The maximum atomic E-state index is 9.78. The van der Waals surface area contributed by atoms with Crippen LogP contribution >= 0.6 is 0 Å². The van der Waals surface area contributed by atoms with Crippen LogP contribution in [0.25, 0.3) is 0 Å². The van der Waals surface area contributed by atoms with E-state index < -0.39 is 12.4 Å². The van der Waals surface area contributed by atoms with Gasteiger partial charge in [-0.15, -0.1) is 0 Å². The highest BCUT2D eigenvalue weighted by atomic mass is 16.7. The highest BCUT2D eigenvalue weighted by Crippen LogP contribution is 2.13. The quantitative estimate of drug-likeness (QED) is 0.379. The lowest BCUT2D eigenvalue weighted by molar-refractivity contribution is -0.165. The zero-order valence-corrected chi connectivity index (χ0v) is 13.2. The lowest BCUT2D eigenvalue weighted by Crippen LogP contribution is -2.29. The van der Waals surface area contributed by atoms with Crippen LogP contribution < -0.4 is 0 Å². The summed E-state index contributed by atoms with van der Waals surface area (Å²) >= 11 is 0. The van der Waals surface area contributed by atoms with Crippen molar-refractivity contribution in [2.24, 2.45) is 0 Å². The second-order valence-corrected chi connectivity index (χ2v) is 5.38. The Morgan fingerprint density at radius 1 is 0.737 bits per heavy atom. The van der Waals surface area contributed by atoms with Gasteiger partial charge in [0, 0.05) is 14.2 Å². The minimum atomic E-state index is -0.496. The Kier molecular flexibility index (Phi) is 14.2. The third-order valence-electron chi connectivity index (χ3n) is 3.63. The maximum Gasteiger partial charge on any atom is 0.182 e. The van der Waals surface area contributed by atoms with Crippen LogP contribution in [0.2, 0.25) is 0 Å². The predicted octanol–water partition coefficient (Wildman–Crippen LogP) is 4.28. The first kappa shape index (κ1) is 18.9. The molecule has 0 radical (unpaired) electrons. The van der Waals surface area contributed by atoms with Gasteiger partial charge in [-0.05, 0) is 6.42 Å². The number of hydrogen-bond donors (Lipinski definition) is 1. The van der Waals surface area contributed by atoms with Gasteiger partial charge in [-0.2, -0.15) is 0 Å². The molecule has 0 aromatic heterocycles. The van der Waals surface area contributed by atoms with Crippen molar-refractivity contribution in [3.05, 3.63) is 0 Å². The molecule has 0 heterocycles. The molecule has 1 atom stereocenters. The molecule has 0 aromatic carbocycles. The molecule has 0 amide bonds. The van der Waals surface area contributed by atoms with Crippen molar-refractivity contribution in [2.75, 3.05) is 14.2 Å². The maximum absolute atomic E-state index is 9.78. The third-order valence-corrected chi connectivity index (χ3v) is 3.63. The summed E-state index contributed by atoms with van der Waals surface area (Å²) < 4.78 is 10.1. The van der Waals surface area contributed by atoms with Gasteiger partial charge in [0.15, 0.2) is 6.29 Å². The molecule has 0 fully saturated rings. The number of rotatable bonds is 14. The van der Waals surface area contributed by atoms with Gasteiger partial charge in [0.05, 0.1) is 0 Å². The molecule has 0 saturated carbocycles. The predicted molar refractivity (Wildman–Crippen MR) is 80.3 cm³/mol. The van der Waals surface area contributed by atoms with Crippen molar-refractivity contribution < 1.29 is 14.6 Å². The number of ether oxygens (including phenoxy) is 2. The Morgan fingerprint density at radius 2 is 1.16 bits per heavy atom. The lowest BCUT2D eigenvalue weighted by Gasteiger charge is -2.19. The molecule has 1 N–H and O–H groups in total. The highest BCUT2D eigenvalue weighted by Gasteiger charge is 2.16. The monoisotopic (exact) mass is 274 g/mol. The fraction of sp³-hybridized carbons (Fsp3) is 1.00. The Morgan fingerprint density at radius 3 is 1.58 bits per heavy atom. The van der Waals surface area contributed by atoms with Crippen molar-refractivity contribution in [2.45, 2.75) is 89.9 Å². The van der Waals surface area contributed by atoms with Crippen molar-refractivity contribution in [1.82, 2.24) is 0 Å². The van der Waals surface area contributed by atoms with Gasteiger partial charge in [-0.25, -0.2) is 0 Å². The van der Waals surface area contributed by atoms with E-state index in [1.54, 1.807) is 14.2 Å². The zero-order chi connectivity index (χ0) is 14.3. The molecule has 1 unspecified atom stereocenters. The first-order chi connectivity index (χ1) is 9.26. The average molecular weight is 274 g/mol. The summed E-state index contributed by atoms with van der Waals surface area (Å²) in [7, 11) is 3.13. The van der Waals surface area contributed by atoms with Gasteiger partial charge >= 0.3 is 0 Å². The second-order valence-electron chi connectivity index (χ2n) is 5.38. The van der Waals surface area contributed by atoms with E-state index in [-0.39, 0.29) is 0 Å². The van der Waals surface area contributed by atoms with E-state index in [4.69, 9.17) is 9.47 Å². The summed E-state index contributed by atoms with van der Waals surface area (Å²) in [5, 5.41) is 9.78. The van der Waals surface area contributed by atoms with Crippen LogP contribution in [0.4, 0.5) is 0 Å². The molecule has 0 aliphatic heterocycles. The molecule has 116 valence electrons. The number of hydrogen-bond acceptors (Lipinski definition) is 3. The molecular formula is C16H34O3. The minimum absolute atomic E-state index is 0.474. The number of methoxy groups -OCH3 is 2. The van der Waals surface area contributed by atoms with E-state index in [0.29, 0.717) is 0 Å². The summed E-state index contributed by atoms with van der Waals surface area (Å²) in [6.07, 6.45) is 12.9. The van der Waals surface area contributed by atoms with Gasteiger partial charge in [-0.1, -0.05) is 71.1 Å². The largest absolute Gasteiger partial charge is 0.388 e. The molecule has 3 heteroatoms. The second kappa shape index (κ2) is 14.3. The number of aliphatic hydroxyl groups excluding tert-OH is 1. The summed E-state index contributed by atoms with van der Waals surface area (Å²) in [6, 6.07) is 0. The van der Waals surface area contributed by atoms with Crippen LogP contribution in [0.1, 0.15) is 77.6 Å². The highest BCUT2D eigenvalue weighted by molar-refractivity contribution is 4.60. The van der Waals surface area contributed by atoms with Gasteiger partial charge in [0.1, 0.15) is 6.10 Å². The standard InChI is InChI=1S/C16H34O3/c1-4-5-6-7-8-9-10-11-12-13-14-15(17)16(18-2)19-3/h15-17H,4-14H2,1-3H3. The van der Waals surface area contributed by atoms with Crippen LogP contribution in [-0.2, 0) is 9.47 Å². The molecule has 0 saturated heterocycles. The molecule has 0 aromatic rings. The normalized spacial score (nSPS) is 13.1. The van der Waals surface area contributed by atoms with E-state index in [2.05, 4.69) is 6.92 Å². The molecule has 0 aliphatic rings. The summed E-state index contributed by atoms with van der Waals surface area (Å²) in [4.78, 5) is 0. The average Bonchev–Trinajstić information content (AvgIpc) is 2.42. The van der Waals surface area contributed by atoms with Crippen molar-refractivity contribution in [3.63, 3.8) is 0 Å². The van der Waals surface area contributed by atoms with E-state index in [0.717, 1.165) is 12.8 Å². The summed E-state index contributed by atoms with van der Waals surface area (Å²) in [5.41, 5.74) is 0. The third kappa shape index (κ3) is 11.4. The number of aliphatic hydroxyl groups is 1. The van der Waals surface area contributed by atoms with Crippen LogP contribution in [0, 0.1) is 0 Å². The van der Waals surface area contributed by atoms with Crippen LogP contribution in [0.5, 0.6) is 0 Å². The lowest BCUT2D eigenvalue weighted by atomic mass is 10.0. The van der Waals surface area contributed by atoms with E-state index >= 15 is 0 Å². The smallest absolute Gasteiger partial charge is 0.182 e. The topological polar surface area (TPSA) is 38.7 Å². The van der Waals surface area contributed by atoms with Crippen molar-refractivity contribution in [1.29, 1.82) is 0 Å². The van der Waals surface area contributed by atoms with Crippen LogP contribution in [0.15, 0.2) is 0 Å². The Labute approximate surface area is 119 Å². The molecule has 0 rings (SSSR count). The van der Waals surface area contributed by atoms with Gasteiger partial charge in [0.2, 0.25) is 0 Å². The van der Waals surface area contributed by atoms with Gasteiger partial charge in [0.25, 0.3) is 0 Å². The van der Waals surface area contributed by atoms with E-state index in [1.165, 1.54) is 57.8 Å². The Balaban J connectivity index is 3.22. The molecule has 19 heavy (non-hydrogen) atoms. The van der Waals surface area contributed by atoms with Crippen molar-refractivity contribution >= 4 is 0 Å². The summed E-state index contributed by atoms with van der Waals surface area (Å²) in [5.74, 6) is 0. The molecule has 3 nitrogen and oxygen atoms in total. The first-order valence-corrected chi connectivity index (χ1v) is 7.99. The Bertz CT molecular complexity index is 169. The fourth-order valence-electron chi connectivity index (χ4n) is 2.39. The molecule has 0 bridgehead atoms. The summed E-state index contributed by atoms with van der Waals surface area (Å²) in [6.45, 7) is 2.26. The van der Waals surface area contributed by atoms with Crippen LogP contribution in [-0.4, -0.2) is 31.7 Å². The Hall–Kier alpha value is -0.120. The SMILES string of the molecule is CCCCCCCCCCCCC(O)C(OC)OC. The molecular weight excluding hydrogens is 240 g/mol. The van der Waals surface area contributed by atoms with E-state index in [1.807, 2.05) is 0 Å². The van der Waals surface area contributed by atoms with Gasteiger partial charge < -0.3 is 14.6 Å². The number of unbranched alkanes of at least 4 members (excludes halogenated alkanes) is 9. The molecule has 0 aliphatic carbocycles. The zero-order valence-electron chi connectivity index (χ0n) is 13.2. The first-order valence-electron chi connectivity index (χ1n) is 7.99. The molecule has 0 spiro atoms. The van der Waals surface area contributed by atoms with E-state index in [9.17, 15) is 5.11 Å². The fourth-order valence-corrected chi connectivity index (χ4v) is 2.39.